The summed E-state index contributed by atoms with van der Waals surface area (Å²) in [5, 5.41) is 17.7. The summed E-state index contributed by atoms with van der Waals surface area (Å²) >= 11 is 0. The first-order valence-corrected chi connectivity index (χ1v) is 8.58. The largest absolute Gasteiger partial charge is 0.374 e. The molecule has 8 heteroatoms. The van der Waals surface area contributed by atoms with E-state index in [2.05, 4.69) is 10.6 Å². The van der Waals surface area contributed by atoms with Crippen molar-refractivity contribution >= 4 is 21.2 Å². The van der Waals surface area contributed by atoms with Crippen molar-refractivity contribution < 1.29 is 13.3 Å². The molecule has 0 atom stereocenters. The first-order valence-electron chi connectivity index (χ1n) is 6.69. The van der Waals surface area contributed by atoms with Crippen molar-refractivity contribution in [2.75, 3.05) is 24.7 Å². The Labute approximate surface area is 123 Å². The van der Waals surface area contributed by atoms with Gasteiger partial charge in [-0.2, -0.15) is 0 Å². The lowest BCUT2D eigenvalue weighted by molar-refractivity contribution is -0.384. The molecule has 0 aromatic heterocycles. The van der Waals surface area contributed by atoms with E-state index in [1.807, 2.05) is 6.92 Å². The van der Waals surface area contributed by atoms with Crippen LogP contribution in [0.2, 0.25) is 0 Å². The van der Waals surface area contributed by atoms with Crippen LogP contribution in [0.25, 0.3) is 0 Å². The van der Waals surface area contributed by atoms with Crippen molar-refractivity contribution in [3.8, 4) is 0 Å². The Morgan fingerprint density at radius 3 is 2.48 bits per heavy atom. The average Bonchev–Trinajstić information content (AvgIpc) is 2.38. The monoisotopic (exact) mass is 313 g/mol. The summed E-state index contributed by atoms with van der Waals surface area (Å²) in [5.74, 6) is 0. The molecule has 0 aliphatic carbocycles. The number of anilines is 1. The summed E-state index contributed by atoms with van der Waals surface area (Å²) < 4.78 is 23.0. The molecular formula is C13H19N3O4S. The molecule has 1 heterocycles. The second-order valence-corrected chi connectivity index (χ2v) is 7.66. The van der Waals surface area contributed by atoms with Crippen LogP contribution in [0.5, 0.6) is 0 Å². The molecule has 0 spiro atoms. The summed E-state index contributed by atoms with van der Waals surface area (Å²) in [5.41, 5.74) is -0.0858. The van der Waals surface area contributed by atoms with E-state index < -0.39 is 14.8 Å². The van der Waals surface area contributed by atoms with E-state index in [0.717, 1.165) is 38.3 Å². The predicted octanol–water partition coefficient (Wildman–Crippen LogP) is 1.55. The standard InChI is InChI=1S/C13H19N3O4S/c1-13(5-7-14-8-6-13)15-11-4-3-10(21(2,19)20)9-12(11)16(17)18/h3-4,9,14-15H,5-8H2,1-2H3. The molecule has 0 unspecified atom stereocenters. The van der Waals surface area contributed by atoms with Crippen molar-refractivity contribution in [1.82, 2.24) is 5.32 Å². The third kappa shape index (κ3) is 3.70. The molecular weight excluding hydrogens is 294 g/mol. The van der Waals surface area contributed by atoms with Crippen molar-refractivity contribution in [3.05, 3.63) is 28.3 Å². The second-order valence-electron chi connectivity index (χ2n) is 5.64. The van der Waals surface area contributed by atoms with Gasteiger partial charge in [-0.1, -0.05) is 0 Å². The van der Waals surface area contributed by atoms with E-state index in [-0.39, 0.29) is 16.1 Å². The molecule has 7 nitrogen and oxygen atoms in total. The molecule has 21 heavy (non-hydrogen) atoms. The number of nitrogens with zero attached hydrogens (tertiary/aromatic N) is 1. The minimum atomic E-state index is -3.47. The van der Waals surface area contributed by atoms with Crippen molar-refractivity contribution in [3.63, 3.8) is 0 Å². The van der Waals surface area contributed by atoms with Gasteiger partial charge in [0.05, 0.1) is 9.82 Å². The number of sulfone groups is 1. The van der Waals surface area contributed by atoms with Crippen LogP contribution < -0.4 is 10.6 Å². The number of hydrogen-bond donors (Lipinski definition) is 2. The van der Waals surface area contributed by atoms with Gasteiger partial charge in [-0.3, -0.25) is 10.1 Å². The summed E-state index contributed by atoms with van der Waals surface area (Å²) in [6, 6.07) is 3.99. The van der Waals surface area contributed by atoms with Gasteiger partial charge in [0, 0.05) is 17.9 Å². The van der Waals surface area contributed by atoms with Crippen molar-refractivity contribution in [2.45, 2.75) is 30.2 Å². The van der Waals surface area contributed by atoms with Gasteiger partial charge in [-0.05, 0) is 45.0 Å². The Hall–Kier alpha value is -1.67. The number of benzene rings is 1. The molecule has 116 valence electrons. The topological polar surface area (TPSA) is 101 Å². The van der Waals surface area contributed by atoms with Gasteiger partial charge in [-0.25, -0.2) is 8.42 Å². The van der Waals surface area contributed by atoms with Gasteiger partial charge in [-0.15, -0.1) is 0 Å². The van der Waals surface area contributed by atoms with Crippen molar-refractivity contribution in [2.24, 2.45) is 0 Å². The van der Waals surface area contributed by atoms with Gasteiger partial charge < -0.3 is 10.6 Å². The number of rotatable bonds is 4. The van der Waals surface area contributed by atoms with Crippen LogP contribution in [0, 0.1) is 10.1 Å². The smallest absolute Gasteiger partial charge is 0.293 e. The van der Waals surface area contributed by atoms with E-state index >= 15 is 0 Å². The maximum atomic E-state index is 11.5. The quantitative estimate of drug-likeness (QED) is 0.646. The fraction of sp³-hybridized carbons (Fsp3) is 0.538. The molecule has 0 saturated carbocycles. The van der Waals surface area contributed by atoms with Gasteiger partial charge in [0.15, 0.2) is 9.84 Å². The Bertz CT molecular complexity index is 651. The number of nitrogens with one attached hydrogen (secondary N) is 2. The highest BCUT2D eigenvalue weighted by atomic mass is 32.2. The molecule has 1 aromatic rings. The Morgan fingerprint density at radius 2 is 1.95 bits per heavy atom. The SMILES string of the molecule is CC1(Nc2ccc(S(C)(=O)=O)cc2[N+](=O)[O-])CCNCC1. The first kappa shape index (κ1) is 15.7. The Balaban J connectivity index is 2.37. The van der Waals surface area contributed by atoms with E-state index in [0.29, 0.717) is 5.69 Å². The van der Waals surface area contributed by atoms with Gasteiger partial charge in [0.2, 0.25) is 0 Å². The number of piperidine rings is 1. The fourth-order valence-electron chi connectivity index (χ4n) is 2.43. The van der Waals surface area contributed by atoms with Gasteiger partial charge in [0.25, 0.3) is 5.69 Å². The summed E-state index contributed by atoms with van der Waals surface area (Å²) in [6.07, 6.45) is 2.73. The normalized spacial score (nSPS) is 18.2. The molecule has 1 fully saturated rings. The summed E-state index contributed by atoms with van der Waals surface area (Å²) in [6.45, 7) is 3.71. The maximum absolute atomic E-state index is 11.5. The Kier molecular flexibility index (Phi) is 4.20. The number of nitro benzene ring substituents is 1. The van der Waals surface area contributed by atoms with Crippen molar-refractivity contribution in [1.29, 1.82) is 0 Å². The summed E-state index contributed by atoms with van der Waals surface area (Å²) in [7, 11) is -3.47. The van der Waals surface area contributed by atoms with Crippen LogP contribution in [0.4, 0.5) is 11.4 Å². The highest BCUT2D eigenvalue weighted by molar-refractivity contribution is 7.90. The maximum Gasteiger partial charge on any atom is 0.293 e. The molecule has 0 amide bonds. The molecule has 1 saturated heterocycles. The zero-order valence-corrected chi connectivity index (χ0v) is 12.9. The molecule has 1 aliphatic rings. The molecule has 0 bridgehead atoms. The molecule has 1 aliphatic heterocycles. The van der Waals surface area contributed by atoms with Crippen LogP contribution in [-0.2, 0) is 9.84 Å². The fourth-order valence-corrected chi connectivity index (χ4v) is 3.07. The average molecular weight is 313 g/mol. The molecule has 1 aromatic carbocycles. The first-order chi connectivity index (χ1) is 9.71. The third-order valence-corrected chi connectivity index (χ3v) is 4.85. The zero-order valence-electron chi connectivity index (χ0n) is 12.0. The molecule has 2 N–H and O–H groups in total. The second kappa shape index (κ2) is 5.61. The zero-order chi connectivity index (χ0) is 15.7. The van der Waals surface area contributed by atoms with Crippen LogP contribution >= 0.6 is 0 Å². The van der Waals surface area contributed by atoms with Gasteiger partial charge in [0.1, 0.15) is 5.69 Å². The lowest BCUT2D eigenvalue weighted by atomic mass is 9.90. The van der Waals surface area contributed by atoms with Crippen LogP contribution in [0.1, 0.15) is 19.8 Å². The molecule has 2 rings (SSSR count). The summed E-state index contributed by atoms with van der Waals surface area (Å²) in [4.78, 5) is 10.6. The van der Waals surface area contributed by atoms with Crippen LogP contribution in [0.15, 0.2) is 23.1 Å². The van der Waals surface area contributed by atoms with Gasteiger partial charge >= 0.3 is 0 Å². The van der Waals surface area contributed by atoms with Crippen LogP contribution in [-0.4, -0.2) is 38.2 Å². The lowest BCUT2D eigenvalue weighted by Gasteiger charge is -2.35. The van der Waals surface area contributed by atoms with E-state index in [4.69, 9.17) is 0 Å². The van der Waals surface area contributed by atoms with E-state index in [9.17, 15) is 18.5 Å². The van der Waals surface area contributed by atoms with E-state index in [1.54, 1.807) is 0 Å². The predicted molar refractivity (Wildman–Crippen MR) is 80.3 cm³/mol. The van der Waals surface area contributed by atoms with E-state index in [1.165, 1.54) is 12.1 Å². The minimum Gasteiger partial charge on any atom is -0.374 e. The van der Waals surface area contributed by atoms with Crippen LogP contribution in [0.3, 0.4) is 0 Å². The highest BCUT2D eigenvalue weighted by Gasteiger charge is 2.29. The Morgan fingerprint density at radius 1 is 1.33 bits per heavy atom. The highest BCUT2D eigenvalue weighted by Crippen LogP contribution is 2.32. The molecule has 0 radical (unpaired) electrons. The lowest BCUT2D eigenvalue weighted by Crippen LogP contribution is -2.45. The third-order valence-electron chi connectivity index (χ3n) is 3.74. The minimum absolute atomic E-state index is 0.0461. The number of nitro groups is 1. The number of hydrogen-bond acceptors (Lipinski definition) is 6.